The van der Waals surface area contributed by atoms with E-state index in [1.165, 1.54) is 24.0 Å². The zero-order valence-electron chi connectivity index (χ0n) is 16.6. The van der Waals surface area contributed by atoms with E-state index in [9.17, 15) is 5.11 Å². The average Bonchev–Trinajstić information content (AvgIpc) is 2.62. The van der Waals surface area contributed by atoms with Crippen LogP contribution in [0.15, 0.2) is 35.9 Å². The summed E-state index contributed by atoms with van der Waals surface area (Å²) in [5, 5.41) is 10.3. The van der Waals surface area contributed by atoms with Crippen molar-refractivity contribution < 1.29 is 14.6 Å². The molecule has 4 heteroatoms. The number of benzene rings is 1. The van der Waals surface area contributed by atoms with Crippen molar-refractivity contribution in [3.05, 3.63) is 41.5 Å². The molecule has 0 aliphatic heterocycles. The van der Waals surface area contributed by atoms with Gasteiger partial charge in [0.25, 0.3) is 0 Å². The fraction of sp³-hybridized carbons (Fsp3) is 0.636. The van der Waals surface area contributed by atoms with E-state index in [0.29, 0.717) is 31.1 Å². The molecule has 2 bridgehead atoms. The van der Waals surface area contributed by atoms with Crippen LogP contribution in [0.2, 0.25) is 0 Å². The van der Waals surface area contributed by atoms with Gasteiger partial charge in [-0.05, 0) is 60.4 Å². The Morgan fingerprint density at radius 2 is 2.00 bits per heavy atom. The number of rotatable bonds is 9. The molecule has 3 aliphatic carbocycles. The molecule has 4 rings (SSSR count). The monoisotopic (exact) mass is 359 g/mol. The predicted molar refractivity (Wildman–Crippen MR) is 104 cm³/mol. The van der Waals surface area contributed by atoms with Crippen molar-refractivity contribution in [2.75, 3.05) is 33.9 Å². The first-order valence-electron chi connectivity index (χ1n) is 9.66. The summed E-state index contributed by atoms with van der Waals surface area (Å²) in [6.45, 7) is 7.20. The highest BCUT2D eigenvalue weighted by molar-refractivity contribution is 5.27. The predicted octanol–water partition coefficient (Wildman–Crippen LogP) is 3.50. The quantitative estimate of drug-likeness (QED) is 0.685. The third-order valence-corrected chi connectivity index (χ3v) is 6.30. The molecular weight excluding hydrogens is 326 g/mol. The summed E-state index contributed by atoms with van der Waals surface area (Å²) in [6, 6.07) is 8.04. The van der Waals surface area contributed by atoms with Gasteiger partial charge in [0.05, 0.1) is 26.4 Å². The molecule has 0 amide bonds. The maximum atomic E-state index is 10.3. The molecule has 0 saturated heterocycles. The van der Waals surface area contributed by atoms with Gasteiger partial charge in [0.2, 0.25) is 0 Å². The molecule has 0 spiro atoms. The number of hydrogen-bond acceptors (Lipinski definition) is 4. The molecule has 4 nitrogen and oxygen atoms in total. The third-order valence-electron chi connectivity index (χ3n) is 6.30. The number of fused-ring (bicyclic) bond motifs is 1. The van der Waals surface area contributed by atoms with Crippen LogP contribution in [-0.2, 0) is 11.3 Å². The summed E-state index contributed by atoms with van der Waals surface area (Å²) in [5.74, 6) is 2.40. The highest BCUT2D eigenvalue weighted by Crippen LogP contribution is 2.59. The van der Waals surface area contributed by atoms with Crippen molar-refractivity contribution in [3.63, 3.8) is 0 Å². The van der Waals surface area contributed by atoms with Gasteiger partial charge in [-0.15, -0.1) is 0 Å². The summed E-state index contributed by atoms with van der Waals surface area (Å²) < 4.78 is 11.0. The van der Waals surface area contributed by atoms with Gasteiger partial charge >= 0.3 is 0 Å². The summed E-state index contributed by atoms with van der Waals surface area (Å²) in [7, 11) is 3.69. The Morgan fingerprint density at radius 3 is 2.62 bits per heavy atom. The number of nitrogens with zero attached hydrogens (tertiary/aromatic N) is 1. The van der Waals surface area contributed by atoms with E-state index >= 15 is 0 Å². The van der Waals surface area contributed by atoms with Gasteiger partial charge in [-0.1, -0.05) is 32.1 Å². The highest BCUT2D eigenvalue weighted by Gasteiger charge is 2.50. The first kappa shape index (κ1) is 19.4. The lowest BCUT2D eigenvalue weighted by Gasteiger charge is -2.56. The van der Waals surface area contributed by atoms with E-state index in [-0.39, 0.29) is 0 Å². The van der Waals surface area contributed by atoms with E-state index < -0.39 is 6.10 Å². The number of aliphatic hydroxyl groups is 1. The SMILES string of the molecule is COc1ccc(CN(C)C[C@@H](O)COCC2=CC[C@H]3C[C@@H]2C3(C)C)cc1. The second-order valence-corrected chi connectivity index (χ2v) is 8.54. The van der Waals surface area contributed by atoms with Crippen LogP contribution < -0.4 is 4.74 Å². The lowest BCUT2D eigenvalue weighted by Crippen LogP contribution is -2.48. The Balaban J connectivity index is 1.37. The summed E-state index contributed by atoms with van der Waals surface area (Å²) >= 11 is 0. The van der Waals surface area contributed by atoms with E-state index in [0.717, 1.165) is 18.2 Å². The van der Waals surface area contributed by atoms with Gasteiger partial charge in [0.1, 0.15) is 5.75 Å². The highest BCUT2D eigenvalue weighted by atomic mass is 16.5. The molecule has 3 atom stereocenters. The molecule has 0 unspecified atom stereocenters. The molecule has 3 aliphatic rings. The summed E-state index contributed by atoms with van der Waals surface area (Å²) in [4.78, 5) is 2.12. The number of ether oxygens (including phenoxy) is 2. The third kappa shape index (κ3) is 4.30. The normalized spacial score (nSPS) is 24.8. The van der Waals surface area contributed by atoms with Crippen LogP contribution in [0.5, 0.6) is 5.75 Å². The number of allylic oxidation sites excluding steroid dienone is 1. The van der Waals surface area contributed by atoms with Crippen LogP contribution in [-0.4, -0.2) is 50.0 Å². The smallest absolute Gasteiger partial charge is 0.118 e. The van der Waals surface area contributed by atoms with Crippen molar-refractivity contribution in [3.8, 4) is 5.75 Å². The molecule has 1 N–H and O–H groups in total. The molecule has 1 saturated carbocycles. The topological polar surface area (TPSA) is 41.9 Å². The van der Waals surface area contributed by atoms with Crippen LogP contribution in [0.3, 0.4) is 0 Å². The van der Waals surface area contributed by atoms with Gasteiger partial charge in [-0.25, -0.2) is 0 Å². The van der Waals surface area contributed by atoms with Crippen LogP contribution >= 0.6 is 0 Å². The second kappa shape index (κ2) is 8.12. The number of aliphatic hydroxyl groups excluding tert-OH is 1. The first-order chi connectivity index (χ1) is 12.4. The van der Waals surface area contributed by atoms with Crippen molar-refractivity contribution in [2.45, 2.75) is 39.3 Å². The van der Waals surface area contributed by atoms with Crippen molar-refractivity contribution in [1.82, 2.24) is 4.90 Å². The Hall–Kier alpha value is -1.36. The van der Waals surface area contributed by atoms with Gasteiger partial charge in [-0.3, -0.25) is 4.90 Å². The molecule has 1 aromatic carbocycles. The van der Waals surface area contributed by atoms with Crippen LogP contribution in [0, 0.1) is 17.3 Å². The van der Waals surface area contributed by atoms with Gasteiger partial charge in [-0.2, -0.15) is 0 Å². The molecule has 1 fully saturated rings. The number of methoxy groups -OCH3 is 1. The van der Waals surface area contributed by atoms with Crippen LogP contribution in [0.4, 0.5) is 0 Å². The van der Waals surface area contributed by atoms with Crippen molar-refractivity contribution in [1.29, 1.82) is 0 Å². The molecular formula is C22H33NO3. The largest absolute Gasteiger partial charge is 0.497 e. The van der Waals surface area contributed by atoms with E-state index in [1.807, 2.05) is 19.2 Å². The van der Waals surface area contributed by atoms with Crippen LogP contribution in [0.1, 0.15) is 32.3 Å². The fourth-order valence-corrected chi connectivity index (χ4v) is 4.47. The molecule has 144 valence electrons. The van der Waals surface area contributed by atoms with Crippen LogP contribution in [0.25, 0.3) is 0 Å². The van der Waals surface area contributed by atoms with E-state index in [4.69, 9.17) is 9.47 Å². The zero-order chi connectivity index (χ0) is 18.7. The molecule has 0 aromatic heterocycles. The lowest BCUT2D eigenvalue weighted by atomic mass is 9.49. The zero-order valence-corrected chi connectivity index (χ0v) is 16.6. The first-order valence-corrected chi connectivity index (χ1v) is 9.66. The molecule has 0 radical (unpaired) electrons. The van der Waals surface area contributed by atoms with Crippen molar-refractivity contribution >= 4 is 0 Å². The Bertz CT molecular complexity index is 623. The Labute approximate surface area is 157 Å². The standard InChI is InChI=1S/C22H33NO3/c1-22(2)18-8-7-17(21(22)11-18)14-26-15-19(24)13-23(3)12-16-5-9-20(25-4)10-6-16/h5-7,9-10,18-19,21,24H,8,11-15H2,1-4H3/t18-,19+,21-/m0/s1. The summed E-state index contributed by atoms with van der Waals surface area (Å²) in [5.41, 5.74) is 3.08. The Morgan fingerprint density at radius 1 is 1.27 bits per heavy atom. The van der Waals surface area contributed by atoms with Crippen molar-refractivity contribution in [2.24, 2.45) is 17.3 Å². The molecule has 26 heavy (non-hydrogen) atoms. The minimum atomic E-state index is -0.468. The average molecular weight is 360 g/mol. The minimum absolute atomic E-state index is 0.390. The lowest BCUT2D eigenvalue weighted by molar-refractivity contribution is -0.0257. The Kier molecular flexibility index (Phi) is 6.06. The fourth-order valence-electron chi connectivity index (χ4n) is 4.47. The molecule has 1 aromatic rings. The van der Waals surface area contributed by atoms with E-state index in [2.05, 4.69) is 37.0 Å². The maximum Gasteiger partial charge on any atom is 0.118 e. The second-order valence-electron chi connectivity index (χ2n) is 8.54. The number of likely N-dealkylation sites (N-methyl/N-ethyl adjacent to an activating group) is 1. The molecule has 0 heterocycles. The number of hydrogen-bond donors (Lipinski definition) is 1. The maximum absolute atomic E-state index is 10.3. The van der Waals surface area contributed by atoms with Gasteiger partial charge < -0.3 is 14.6 Å². The van der Waals surface area contributed by atoms with Gasteiger partial charge in [0.15, 0.2) is 0 Å². The summed E-state index contributed by atoms with van der Waals surface area (Å²) in [6.07, 6.45) is 4.40. The van der Waals surface area contributed by atoms with E-state index in [1.54, 1.807) is 7.11 Å². The van der Waals surface area contributed by atoms with Gasteiger partial charge in [0, 0.05) is 13.1 Å². The minimum Gasteiger partial charge on any atom is -0.497 e.